The van der Waals surface area contributed by atoms with E-state index in [2.05, 4.69) is 66.2 Å². The van der Waals surface area contributed by atoms with Crippen LogP contribution in [0.15, 0.2) is 59.5 Å². The van der Waals surface area contributed by atoms with E-state index in [4.69, 9.17) is 0 Å². The summed E-state index contributed by atoms with van der Waals surface area (Å²) in [7, 11) is -3.67. The Kier molecular flexibility index (Phi) is 7.24. The number of aliphatic hydroxyl groups excluding tert-OH is 1. The highest BCUT2D eigenvalue weighted by Gasteiger charge is 2.50. The SMILES string of the molecule is Cc1ccc(S(=O)(=O)N2CCCCN3[C@H](CO)[C@@H](c4ccc(-c5cccc(C)c5C)cc4)[C@@H]3C2)c(C)n1. The van der Waals surface area contributed by atoms with Crippen LogP contribution in [-0.4, -0.2) is 66.0 Å². The van der Waals surface area contributed by atoms with Crippen molar-refractivity contribution < 1.29 is 13.5 Å². The number of hydrogen-bond donors (Lipinski definition) is 1. The number of nitrogens with zero attached hydrogens (tertiary/aromatic N) is 3. The molecule has 0 radical (unpaired) electrons. The molecule has 0 saturated carbocycles. The number of fused-ring (bicyclic) bond motifs is 1. The summed E-state index contributed by atoms with van der Waals surface area (Å²) in [6, 6.07) is 18.5. The van der Waals surface area contributed by atoms with Crippen LogP contribution in [0.5, 0.6) is 0 Å². The third-order valence-electron chi connectivity index (χ3n) is 8.34. The molecule has 2 fully saturated rings. The van der Waals surface area contributed by atoms with Crippen molar-refractivity contribution in [2.75, 3.05) is 26.2 Å². The zero-order valence-electron chi connectivity index (χ0n) is 22.2. The van der Waals surface area contributed by atoms with E-state index >= 15 is 0 Å². The average molecular weight is 520 g/mol. The smallest absolute Gasteiger partial charge is 0.244 e. The van der Waals surface area contributed by atoms with Crippen molar-refractivity contribution in [2.24, 2.45) is 0 Å². The average Bonchev–Trinajstić information content (AvgIpc) is 2.85. The maximum Gasteiger partial charge on any atom is 0.244 e. The number of aliphatic hydroxyl groups is 1. The monoisotopic (exact) mass is 519 g/mol. The van der Waals surface area contributed by atoms with Crippen molar-refractivity contribution in [1.29, 1.82) is 0 Å². The van der Waals surface area contributed by atoms with Crippen molar-refractivity contribution in [2.45, 2.75) is 63.4 Å². The lowest BCUT2D eigenvalue weighted by Crippen LogP contribution is -2.67. The van der Waals surface area contributed by atoms with Gasteiger partial charge in [-0.1, -0.05) is 42.5 Å². The number of pyridine rings is 1. The fourth-order valence-electron chi connectivity index (χ4n) is 6.16. The van der Waals surface area contributed by atoms with E-state index < -0.39 is 10.0 Å². The Morgan fingerprint density at radius 3 is 2.38 bits per heavy atom. The molecule has 2 saturated heterocycles. The molecular formula is C30H37N3O3S. The Morgan fingerprint density at radius 1 is 0.946 bits per heavy atom. The summed E-state index contributed by atoms with van der Waals surface area (Å²) < 4.78 is 29.1. The fourth-order valence-corrected chi connectivity index (χ4v) is 7.82. The Labute approximate surface area is 221 Å². The Morgan fingerprint density at radius 2 is 1.68 bits per heavy atom. The normalized spacial score (nSPS) is 23.1. The molecule has 196 valence electrons. The number of sulfonamides is 1. The van der Waals surface area contributed by atoms with E-state index in [0.717, 1.165) is 30.6 Å². The van der Waals surface area contributed by atoms with Crippen molar-refractivity contribution in [3.05, 3.63) is 82.7 Å². The molecule has 7 heteroatoms. The first-order valence-electron chi connectivity index (χ1n) is 13.2. The third-order valence-corrected chi connectivity index (χ3v) is 10.3. The minimum atomic E-state index is -3.67. The lowest BCUT2D eigenvalue weighted by molar-refractivity contribution is -0.0553. The molecule has 1 N–H and O–H groups in total. The van der Waals surface area contributed by atoms with Crippen molar-refractivity contribution in [3.63, 3.8) is 0 Å². The van der Waals surface area contributed by atoms with Crippen LogP contribution in [0.25, 0.3) is 11.1 Å². The molecule has 37 heavy (non-hydrogen) atoms. The van der Waals surface area contributed by atoms with E-state index in [9.17, 15) is 13.5 Å². The lowest BCUT2D eigenvalue weighted by Gasteiger charge is -2.57. The van der Waals surface area contributed by atoms with Crippen LogP contribution in [0.1, 0.15) is 46.8 Å². The highest BCUT2D eigenvalue weighted by molar-refractivity contribution is 7.89. The van der Waals surface area contributed by atoms with Gasteiger partial charge < -0.3 is 5.11 Å². The van der Waals surface area contributed by atoms with Crippen LogP contribution < -0.4 is 0 Å². The fraction of sp³-hybridized carbons (Fsp3) is 0.433. The quantitative estimate of drug-likeness (QED) is 0.534. The molecule has 0 unspecified atom stereocenters. The number of rotatable bonds is 5. The highest BCUT2D eigenvalue weighted by Crippen LogP contribution is 2.43. The predicted molar refractivity (Wildman–Crippen MR) is 147 cm³/mol. The maximum atomic E-state index is 13.7. The summed E-state index contributed by atoms with van der Waals surface area (Å²) in [4.78, 5) is 7.01. The first kappa shape index (κ1) is 26.0. The summed E-state index contributed by atoms with van der Waals surface area (Å²) in [5, 5.41) is 10.3. The number of hydrogen-bond acceptors (Lipinski definition) is 5. The van der Waals surface area contributed by atoms with E-state index in [1.807, 2.05) is 6.92 Å². The molecule has 1 aromatic heterocycles. The van der Waals surface area contributed by atoms with Gasteiger partial charge in [-0.3, -0.25) is 9.88 Å². The molecule has 0 spiro atoms. The summed E-state index contributed by atoms with van der Waals surface area (Å²) in [6.45, 7) is 9.78. The Bertz CT molecular complexity index is 1390. The predicted octanol–water partition coefficient (Wildman–Crippen LogP) is 4.60. The summed E-state index contributed by atoms with van der Waals surface area (Å²) in [6.07, 6.45) is 1.70. The van der Waals surface area contributed by atoms with Crippen molar-refractivity contribution in [1.82, 2.24) is 14.2 Å². The van der Waals surface area contributed by atoms with Gasteiger partial charge in [0.2, 0.25) is 10.0 Å². The zero-order chi connectivity index (χ0) is 26.3. The molecule has 0 bridgehead atoms. The molecular weight excluding hydrogens is 482 g/mol. The van der Waals surface area contributed by atoms with Gasteiger partial charge in [0.05, 0.1) is 12.3 Å². The Hall–Kier alpha value is -2.58. The van der Waals surface area contributed by atoms with Crippen molar-refractivity contribution >= 4 is 10.0 Å². The van der Waals surface area contributed by atoms with Gasteiger partial charge in [-0.05, 0) is 87.0 Å². The summed E-state index contributed by atoms with van der Waals surface area (Å²) >= 11 is 0. The van der Waals surface area contributed by atoms with Crippen LogP contribution >= 0.6 is 0 Å². The lowest BCUT2D eigenvalue weighted by atomic mass is 9.74. The number of benzene rings is 2. The molecule has 5 rings (SSSR count). The van der Waals surface area contributed by atoms with Gasteiger partial charge in [-0.2, -0.15) is 4.31 Å². The van der Waals surface area contributed by atoms with Gasteiger partial charge >= 0.3 is 0 Å². The number of aromatic nitrogens is 1. The van der Waals surface area contributed by atoms with E-state index in [-0.39, 0.29) is 29.5 Å². The van der Waals surface area contributed by atoms with Crippen LogP contribution in [-0.2, 0) is 10.0 Å². The van der Waals surface area contributed by atoms with Gasteiger partial charge in [0.25, 0.3) is 0 Å². The van der Waals surface area contributed by atoms with Gasteiger partial charge in [-0.25, -0.2) is 8.42 Å². The van der Waals surface area contributed by atoms with Gasteiger partial charge in [0.1, 0.15) is 4.90 Å². The van der Waals surface area contributed by atoms with Crippen LogP contribution in [0.4, 0.5) is 0 Å². The summed E-state index contributed by atoms with van der Waals surface area (Å²) in [5.41, 5.74) is 7.45. The summed E-state index contributed by atoms with van der Waals surface area (Å²) in [5.74, 6) is 0.0747. The molecule has 3 atom stereocenters. The minimum absolute atomic E-state index is 0.00184. The molecule has 2 aliphatic rings. The first-order valence-corrected chi connectivity index (χ1v) is 14.6. The Balaban J connectivity index is 1.44. The molecule has 2 aliphatic heterocycles. The highest BCUT2D eigenvalue weighted by atomic mass is 32.2. The van der Waals surface area contributed by atoms with Crippen LogP contribution in [0, 0.1) is 27.7 Å². The standard InChI is InChI=1S/C30H37N3O3S/c1-20-8-7-9-26(22(20)3)24-11-13-25(14-12-24)30-27-18-32(16-5-6-17-33(27)28(30)19-34)37(35,36)29-15-10-21(2)31-23(29)4/h7-15,27-28,30,34H,5-6,16-19H2,1-4H3/t27-,28+,30-/m0/s1. The molecule has 0 aliphatic carbocycles. The molecule has 6 nitrogen and oxygen atoms in total. The molecule has 0 amide bonds. The number of aryl methyl sites for hydroxylation is 3. The molecule has 3 heterocycles. The second kappa shape index (κ2) is 10.3. The minimum Gasteiger partial charge on any atom is -0.395 e. The second-order valence-electron chi connectivity index (χ2n) is 10.6. The van der Waals surface area contributed by atoms with E-state index in [0.29, 0.717) is 18.8 Å². The largest absolute Gasteiger partial charge is 0.395 e. The van der Waals surface area contributed by atoms with Gasteiger partial charge in [-0.15, -0.1) is 0 Å². The topological polar surface area (TPSA) is 73.7 Å². The van der Waals surface area contributed by atoms with E-state index in [1.165, 1.54) is 22.3 Å². The second-order valence-corrected chi connectivity index (χ2v) is 12.5. The van der Waals surface area contributed by atoms with E-state index in [1.54, 1.807) is 23.4 Å². The van der Waals surface area contributed by atoms with Crippen molar-refractivity contribution in [3.8, 4) is 11.1 Å². The molecule has 2 aromatic carbocycles. The third kappa shape index (κ3) is 4.74. The zero-order valence-corrected chi connectivity index (χ0v) is 23.0. The van der Waals surface area contributed by atoms with Crippen LogP contribution in [0.2, 0.25) is 0 Å². The van der Waals surface area contributed by atoms with Gasteiger partial charge in [0, 0.05) is 36.8 Å². The van der Waals surface area contributed by atoms with Crippen LogP contribution in [0.3, 0.4) is 0 Å². The maximum absolute atomic E-state index is 13.7. The first-order chi connectivity index (χ1) is 17.7. The molecule has 3 aromatic rings. The van der Waals surface area contributed by atoms with Gasteiger partial charge in [0.15, 0.2) is 0 Å².